The summed E-state index contributed by atoms with van der Waals surface area (Å²) in [5, 5.41) is 14.0. The number of hydrogen-bond donors (Lipinski definition) is 2. The van der Waals surface area contributed by atoms with E-state index < -0.39 is 5.60 Å². The van der Waals surface area contributed by atoms with E-state index in [0.29, 0.717) is 18.9 Å². The Morgan fingerprint density at radius 1 is 1.35 bits per heavy atom. The van der Waals surface area contributed by atoms with Crippen LogP contribution in [0.15, 0.2) is 24.3 Å². The number of nitrogens with one attached hydrogen (secondary N) is 1. The molecule has 1 aromatic rings. The highest BCUT2D eigenvalue weighted by atomic mass is 16.5. The van der Waals surface area contributed by atoms with Crippen molar-refractivity contribution in [2.75, 3.05) is 26.8 Å². The number of aliphatic hydroxyl groups is 1. The summed E-state index contributed by atoms with van der Waals surface area (Å²) in [6, 6.07) is 8.51. The molecule has 3 heteroatoms. The van der Waals surface area contributed by atoms with Crippen LogP contribution in [-0.2, 0) is 10.3 Å². The SMILES string of the molecule is COCCNCCC(C)(O)c1cccc(C2CCC2)c1. The van der Waals surface area contributed by atoms with Crippen molar-refractivity contribution in [3.8, 4) is 0 Å². The summed E-state index contributed by atoms with van der Waals surface area (Å²) in [5.74, 6) is 0.713. The standard InChI is InChI=1S/C17H27NO2/c1-17(19,9-10-18-11-12-20-2)16-8-4-7-15(13-16)14-5-3-6-14/h4,7-8,13-14,18-19H,3,5-6,9-12H2,1-2H3. The summed E-state index contributed by atoms with van der Waals surface area (Å²) in [6.45, 7) is 4.24. The molecule has 1 aliphatic rings. The zero-order valence-corrected chi connectivity index (χ0v) is 12.7. The maximum absolute atomic E-state index is 10.7. The molecule has 0 aliphatic heterocycles. The third kappa shape index (κ3) is 4.05. The summed E-state index contributed by atoms with van der Waals surface area (Å²) in [4.78, 5) is 0. The first kappa shape index (κ1) is 15.5. The quantitative estimate of drug-likeness (QED) is 0.718. The molecule has 1 unspecified atom stereocenters. The molecule has 0 amide bonds. The van der Waals surface area contributed by atoms with Gasteiger partial charge in [-0.25, -0.2) is 0 Å². The van der Waals surface area contributed by atoms with Gasteiger partial charge in [0.2, 0.25) is 0 Å². The fourth-order valence-corrected chi connectivity index (χ4v) is 2.64. The molecule has 1 atom stereocenters. The van der Waals surface area contributed by atoms with Crippen molar-refractivity contribution >= 4 is 0 Å². The lowest BCUT2D eigenvalue weighted by Crippen LogP contribution is -2.29. The molecule has 0 radical (unpaired) electrons. The second-order valence-corrected chi connectivity index (χ2v) is 6.02. The summed E-state index contributed by atoms with van der Waals surface area (Å²) >= 11 is 0. The molecule has 0 aromatic heterocycles. The predicted octanol–water partition coefficient (Wildman–Crippen LogP) is 2.79. The first-order valence-corrected chi connectivity index (χ1v) is 7.66. The molecular formula is C17H27NO2. The highest BCUT2D eigenvalue weighted by Gasteiger charge is 2.25. The molecule has 2 rings (SSSR count). The Bertz CT molecular complexity index is 413. The van der Waals surface area contributed by atoms with Crippen LogP contribution in [-0.4, -0.2) is 31.9 Å². The van der Waals surface area contributed by atoms with Gasteiger partial charge < -0.3 is 15.2 Å². The topological polar surface area (TPSA) is 41.5 Å². The van der Waals surface area contributed by atoms with Crippen molar-refractivity contribution < 1.29 is 9.84 Å². The number of hydrogen-bond acceptors (Lipinski definition) is 3. The van der Waals surface area contributed by atoms with Crippen LogP contribution in [0.5, 0.6) is 0 Å². The third-order valence-corrected chi connectivity index (χ3v) is 4.36. The van der Waals surface area contributed by atoms with Crippen LogP contribution in [0, 0.1) is 0 Å². The van der Waals surface area contributed by atoms with Gasteiger partial charge in [-0.3, -0.25) is 0 Å². The maximum atomic E-state index is 10.7. The Hall–Kier alpha value is -0.900. The normalized spacial score (nSPS) is 18.6. The second-order valence-electron chi connectivity index (χ2n) is 6.02. The monoisotopic (exact) mass is 277 g/mol. The van der Waals surface area contributed by atoms with Gasteiger partial charge >= 0.3 is 0 Å². The van der Waals surface area contributed by atoms with Crippen LogP contribution >= 0.6 is 0 Å². The van der Waals surface area contributed by atoms with Crippen molar-refractivity contribution in [2.45, 2.75) is 44.1 Å². The van der Waals surface area contributed by atoms with E-state index in [1.54, 1.807) is 7.11 Å². The van der Waals surface area contributed by atoms with E-state index in [-0.39, 0.29) is 0 Å². The van der Waals surface area contributed by atoms with Gasteiger partial charge in [-0.2, -0.15) is 0 Å². The van der Waals surface area contributed by atoms with Crippen LogP contribution in [0.4, 0.5) is 0 Å². The Morgan fingerprint density at radius 2 is 2.15 bits per heavy atom. The average molecular weight is 277 g/mol. The minimum absolute atomic E-state index is 0.708. The van der Waals surface area contributed by atoms with Gasteiger partial charge in [0.05, 0.1) is 12.2 Å². The Kier molecular flexibility index (Phi) is 5.58. The molecule has 2 N–H and O–H groups in total. The minimum Gasteiger partial charge on any atom is -0.385 e. The van der Waals surface area contributed by atoms with E-state index in [4.69, 9.17) is 4.74 Å². The van der Waals surface area contributed by atoms with Crippen LogP contribution in [0.3, 0.4) is 0 Å². The molecular weight excluding hydrogens is 250 g/mol. The highest BCUT2D eigenvalue weighted by molar-refractivity contribution is 5.31. The minimum atomic E-state index is -0.764. The second kappa shape index (κ2) is 7.21. The van der Waals surface area contributed by atoms with Crippen LogP contribution in [0.25, 0.3) is 0 Å². The fraction of sp³-hybridized carbons (Fsp3) is 0.647. The molecule has 1 fully saturated rings. The number of ether oxygens (including phenoxy) is 1. The number of benzene rings is 1. The van der Waals surface area contributed by atoms with E-state index in [1.165, 1.54) is 24.8 Å². The van der Waals surface area contributed by atoms with E-state index in [2.05, 4.69) is 23.5 Å². The molecule has 0 bridgehead atoms. The van der Waals surface area contributed by atoms with Crippen molar-refractivity contribution in [1.29, 1.82) is 0 Å². The van der Waals surface area contributed by atoms with E-state index in [0.717, 1.165) is 18.7 Å². The van der Waals surface area contributed by atoms with E-state index >= 15 is 0 Å². The van der Waals surface area contributed by atoms with Gasteiger partial charge in [-0.1, -0.05) is 30.7 Å². The summed E-state index contributed by atoms with van der Waals surface area (Å²) < 4.78 is 4.99. The lowest BCUT2D eigenvalue weighted by molar-refractivity contribution is 0.0474. The molecule has 1 aliphatic carbocycles. The lowest BCUT2D eigenvalue weighted by atomic mass is 9.78. The molecule has 112 valence electrons. The Balaban J connectivity index is 1.90. The molecule has 1 saturated carbocycles. The first-order valence-electron chi connectivity index (χ1n) is 7.66. The summed E-state index contributed by atoms with van der Waals surface area (Å²) in [5.41, 5.74) is 1.66. The van der Waals surface area contributed by atoms with Crippen LogP contribution in [0.1, 0.15) is 49.7 Å². The maximum Gasteiger partial charge on any atom is 0.0880 e. The molecule has 3 nitrogen and oxygen atoms in total. The van der Waals surface area contributed by atoms with Crippen LogP contribution < -0.4 is 5.32 Å². The van der Waals surface area contributed by atoms with E-state index in [1.807, 2.05) is 13.0 Å². The van der Waals surface area contributed by atoms with Crippen molar-refractivity contribution in [2.24, 2.45) is 0 Å². The van der Waals surface area contributed by atoms with Crippen LogP contribution in [0.2, 0.25) is 0 Å². The summed E-state index contributed by atoms with van der Waals surface area (Å²) in [7, 11) is 1.70. The Labute approximate surface area is 122 Å². The van der Waals surface area contributed by atoms with Gasteiger partial charge in [0.15, 0.2) is 0 Å². The van der Waals surface area contributed by atoms with Gasteiger partial charge in [0.1, 0.15) is 0 Å². The zero-order chi connectivity index (χ0) is 14.4. The molecule has 0 spiro atoms. The Morgan fingerprint density at radius 3 is 2.80 bits per heavy atom. The smallest absolute Gasteiger partial charge is 0.0880 e. The van der Waals surface area contributed by atoms with Gasteiger partial charge in [-0.05, 0) is 49.8 Å². The van der Waals surface area contributed by atoms with Crippen molar-refractivity contribution in [3.63, 3.8) is 0 Å². The average Bonchev–Trinajstić information content (AvgIpc) is 2.37. The van der Waals surface area contributed by atoms with Gasteiger partial charge in [0.25, 0.3) is 0 Å². The van der Waals surface area contributed by atoms with E-state index in [9.17, 15) is 5.11 Å². The van der Waals surface area contributed by atoms with Gasteiger partial charge in [-0.15, -0.1) is 0 Å². The fourth-order valence-electron chi connectivity index (χ4n) is 2.64. The molecule has 20 heavy (non-hydrogen) atoms. The molecule has 0 saturated heterocycles. The number of methoxy groups -OCH3 is 1. The molecule has 0 heterocycles. The van der Waals surface area contributed by atoms with Crippen molar-refractivity contribution in [1.82, 2.24) is 5.32 Å². The zero-order valence-electron chi connectivity index (χ0n) is 12.7. The lowest BCUT2D eigenvalue weighted by Gasteiger charge is -2.29. The highest BCUT2D eigenvalue weighted by Crippen LogP contribution is 2.37. The summed E-state index contributed by atoms with van der Waals surface area (Å²) in [6.07, 6.45) is 4.65. The number of rotatable bonds is 8. The third-order valence-electron chi connectivity index (χ3n) is 4.36. The predicted molar refractivity (Wildman–Crippen MR) is 82.0 cm³/mol. The van der Waals surface area contributed by atoms with Gasteiger partial charge in [0, 0.05) is 13.7 Å². The largest absolute Gasteiger partial charge is 0.385 e. The van der Waals surface area contributed by atoms with Crippen molar-refractivity contribution in [3.05, 3.63) is 35.4 Å². The molecule has 1 aromatic carbocycles. The first-order chi connectivity index (χ1) is 9.63.